The van der Waals surface area contributed by atoms with E-state index >= 15 is 0 Å². The normalized spacial score (nSPS) is 17.7. The first-order valence-electron chi connectivity index (χ1n) is 13.6. The maximum absolute atomic E-state index is 14.5. The summed E-state index contributed by atoms with van der Waals surface area (Å²) < 4.78 is 42.2. The van der Waals surface area contributed by atoms with Gasteiger partial charge in [0.25, 0.3) is 5.91 Å². The van der Waals surface area contributed by atoms with Gasteiger partial charge in [-0.25, -0.2) is 13.8 Å². The van der Waals surface area contributed by atoms with Crippen LogP contribution in [0.5, 0.6) is 5.75 Å². The molecule has 0 aliphatic carbocycles. The summed E-state index contributed by atoms with van der Waals surface area (Å²) in [5, 5.41) is 11.8. The zero-order valence-electron chi connectivity index (χ0n) is 22.9. The van der Waals surface area contributed by atoms with Gasteiger partial charge in [-0.05, 0) is 71.8 Å². The zero-order chi connectivity index (χ0) is 30.4. The molecule has 1 amide bonds. The molecule has 0 bridgehead atoms. The lowest BCUT2D eigenvalue weighted by atomic mass is 9.82. The average Bonchev–Trinajstić information content (AvgIpc) is 3.40. The van der Waals surface area contributed by atoms with E-state index in [4.69, 9.17) is 19.6 Å². The third-order valence-corrected chi connectivity index (χ3v) is 8.37. The minimum absolute atomic E-state index is 0.0180. The molecule has 4 aromatic rings. The molecule has 2 N–H and O–H groups in total. The third kappa shape index (κ3) is 7.14. The van der Waals surface area contributed by atoms with E-state index in [2.05, 4.69) is 37.2 Å². The summed E-state index contributed by atoms with van der Waals surface area (Å²) in [5.41, 5.74) is 0.676. The van der Waals surface area contributed by atoms with Gasteiger partial charge < -0.3 is 19.9 Å². The molecule has 1 heterocycles. The van der Waals surface area contributed by atoms with Crippen LogP contribution in [-0.2, 0) is 22.5 Å². The molecule has 1 aliphatic heterocycles. The summed E-state index contributed by atoms with van der Waals surface area (Å²) in [6.07, 6.45) is -0.183. The molecular formula is C33H28Br2F2N2O4. The fourth-order valence-electron chi connectivity index (χ4n) is 4.86. The Labute approximate surface area is 265 Å². The summed E-state index contributed by atoms with van der Waals surface area (Å²) in [6, 6.07) is 25.2. The third-order valence-electron chi connectivity index (χ3n) is 7.07. The highest BCUT2D eigenvalue weighted by Crippen LogP contribution is 2.43. The van der Waals surface area contributed by atoms with E-state index in [9.17, 15) is 13.6 Å². The fourth-order valence-corrected chi connectivity index (χ4v) is 5.55. The second-order valence-corrected chi connectivity index (χ2v) is 11.8. The number of nitrogens with one attached hydrogen (secondary N) is 1. The number of aliphatic imine (C=N–C) groups is 1. The molecule has 0 spiro atoms. The lowest BCUT2D eigenvalue weighted by Gasteiger charge is -2.31. The number of halogens is 4. The van der Waals surface area contributed by atoms with Crippen LogP contribution in [0.4, 0.5) is 8.78 Å². The van der Waals surface area contributed by atoms with Crippen molar-refractivity contribution in [2.75, 3.05) is 13.2 Å². The van der Waals surface area contributed by atoms with Crippen molar-refractivity contribution in [3.05, 3.63) is 134 Å². The molecule has 6 nitrogen and oxygen atoms in total. The van der Waals surface area contributed by atoms with Gasteiger partial charge >= 0.3 is 0 Å². The SMILES string of the molecule is O=C(NCc1cc(F)ccc1F)[C@]1(Cc2ccccc2Br)N=C(c2ccc(OCCCO)cc2)O[C@@H]1c1ccc(Br)cc1. The smallest absolute Gasteiger partial charge is 0.252 e. The lowest BCUT2D eigenvalue weighted by molar-refractivity contribution is -0.129. The van der Waals surface area contributed by atoms with Crippen molar-refractivity contribution in [3.63, 3.8) is 0 Å². The molecule has 5 rings (SSSR count). The van der Waals surface area contributed by atoms with Gasteiger partial charge in [0.2, 0.25) is 5.90 Å². The van der Waals surface area contributed by atoms with E-state index in [0.29, 0.717) is 29.9 Å². The van der Waals surface area contributed by atoms with Crippen LogP contribution >= 0.6 is 31.9 Å². The maximum Gasteiger partial charge on any atom is 0.252 e. The Hall–Kier alpha value is -3.60. The Morgan fingerprint density at radius 2 is 1.72 bits per heavy atom. The molecule has 0 aromatic heterocycles. The number of rotatable bonds is 11. The van der Waals surface area contributed by atoms with Crippen molar-refractivity contribution < 1.29 is 28.2 Å². The van der Waals surface area contributed by atoms with Crippen LogP contribution in [0.1, 0.15) is 34.8 Å². The Kier molecular flexibility index (Phi) is 9.90. The molecule has 0 unspecified atom stereocenters. The van der Waals surface area contributed by atoms with Crippen LogP contribution in [0.15, 0.2) is 105 Å². The first-order valence-corrected chi connectivity index (χ1v) is 15.2. The summed E-state index contributed by atoms with van der Waals surface area (Å²) in [7, 11) is 0. The van der Waals surface area contributed by atoms with Crippen LogP contribution in [0, 0.1) is 11.6 Å². The number of aliphatic hydroxyl groups excluding tert-OH is 1. The van der Waals surface area contributed by atoms with Crippen LogP contribution < -0.4 is 10.1 Å². The number of hydrogen-bond donors (Lipinski definition) is 2. The maximum atomic E-state index is 14.5. The highest BCUT2D eigenvalue weighted by Gasteiger charge is 2.53. The van der Waals surface area contributed by atoms with Gasteiger partial charge in [0.15, 0.2) is 11.6 Å². The van der Waals surface area contributed by atoms with Crippen molar-refractivity contribution in [1.82, 2.24) is 5.32 Å². The van der Waals surface area contributed by atoms with Gasteiger partial charge in [-0.15, -0.1) is 0 Å². The molecule has 0 radical (unpaired) electrons. The minimum atomic E-state index is -1.51. The van der Waals surface area contributed by atoms with Crippen LogP contribution in [-0.4, -0.2) is 35.7 Å². The van der Waals surface area contributed by atoms with Crippen molar-refractivity contribution >= 4 is 43.7 Å². The Morgan fingerprint density at radius 3 is 2.44 bits per heavy atom. The number of benzene rings is 4. The molecule has 0 fully saturated rings. The van der Waals surface area contributed by atoms with Crippen molar-refractivity contribution in [1.29, 1.82) is 0 Å². The van der Waals surface area contributed by atoms with Gasteiger partial charge in [-0.1, -0.05) is 62.2 Å². The predicted octanol–water partition coefficient (Wildman–Crippen LogP) is 7.07. The number of amides is 1. The van der Waals surface area contributed by atoms with Gasteiger partial charge in [0.05, 0.1) is 6.61 Å². The molecule has 2 atom stereocenters. The van der Waals surface area contributed by atoms with Crippen LogP contribution in [0.2, 0.25) is 0 Å². The molecule has 10 heteroatoms. The quantitative estimate of drug-likeness (QED) is 0.163. The molecule has 0 saturated heterocycles. The monoisotopic (exact) mass is 712 g/mol. The molecule has 222 valence electrons. The summed E-state index contributed by atoms with van der Waals surface area (Å²) >= 11 is 7.07. The standard InChI is InChI=1S/C33H28Br2F2N2O4/c34-25-10-6-21(7-11-25)30-33(19-23-4-1-2-5-28(23)35,32(41)38-20-24-18-26(36)12-15-29(24)37)39-31(43-30)22-8-13-27(14-9-22)42-17-3-16-40/h1-2,4-15,18,30,40H,3,16-17,19-20H2,(H,38,41)/t30-,33-/m1/s1. The summed E-state index contributed by atoms with van der Waals surface area (Å²) in [5.74, 6) is -0.851. The summed E-state index contributed by atoms with van der Waals surface area (Å²) in [6.45, 7) is 0.172. The number of nitrogens with zero attached hydrogens (tertiary/aromatic N) is 1. The molecule has 1 aliphatic rings. The number of aliphatic hydroxyl groups is 1. The molecule has 4 aromatic carbocycles. The number of carbonyl (C=O) groups is 1. The zero-order valence-corrected chi connectivity index (χ0v) is 26.1. The number of hydrogen-bond acceptors (Lipinski definition) is 5. The second-order valence-electron chi connectivity index (χ2n) is 10.0. The first kappa shape index (κ1) is 30.8. The largest absolute Gasteiger partial charge is 0.494 e. The van der Waals surface area contributed by atoms with Gasteiger partial charge in [0, 0.05) is 46.1 Å². The highest BCUT2D eigenvalue weighted by atomic mass is 79.9. The van der Waals surface area contributed by atoms with Crippen molar-refractivity contribution in [3.8, 4) is 5.75 Å². The van der Waals surface area contributed by atoms with E-state index in [0.717, 1.165) is 32.7 Å². The molecular weight excluding hydrogens is 686 g/mol. The minimum Gasteiger partial charge on any atom is -0.494 e. The van der Waals surface area contributed by atoms with Gasteiger partial charge in [-0.3, -0.25) is 4.79 Å². The van der Waals surface area contributed by atoms with Crippen molar-refractivity contribution in [2.45, 2.75) is 31.0 Å². The van der Waals surface area contributed by atoms with Crippen LogP contribution in [0.25, 0.3) is 0 Å². The van der Waals surface area contributed by atoms with E-state index in [1.165, 1.54) is 0 Å². The Balaban J connectivity index is 1.57. The van der Waals surface area contributed by atoms with E-state index in [-0.39, 0.29) is 31.0 Å². The lowest BCUT2D eigenvalue weighted by Crippen LogP contribution is -2.49. The van der Waals surface area contributed by atoms with Crippen LogP contribution in [0.3, 0.4) is 0 Å². The number of ether oxygens (including phenoxy) is 2. The van der Waals surface area contributed by atoms with E-state index in [1.54, 1.807) is 24.3 Å². The topological polar surface area (TPSA) is 80.2 Å². The highest BCUT2D eigenvalue weighted by molar-refractivity contribution is 9.10. The van der Waals surface area contributed by atoms with Gasteiger partial charge in [-0.2, -0.15) is 0 Å². The van der Waals surface area contributed by atoms with Crippen molar-refractivity contribution in [2.24, 2.45) is 4.99 Å². The summed E-state index contributed by atoms with van der Waals surface area (Å²) in [4.78, 5) is 19.3. The Morgan fingerprint density at radius 1 is 0.977 bits per heavy atom. The predicted molar refractivity (Wildman–Crippen MR) is 167 cm³/mol. The molecule has 43 heavy (non-hydrogen) atoms. The number of carbonyl (C=O) groups excluding carboxylic acids is 1. The average molecular weight is 714 g/mol. The molecule has 0 saturated carbocycles. The fraction of sp³-hybridized carbons (Fsp3) is 0.212. The van der Waals surface area contributed by atoms with E-state index in [1.807, 2.05) is 48.5 Å². The Bertz CT molecular complexity index is 1620. The van der Waals surface area contributed by atoms with Gasteiger partial charge in [0.1, 0.15) is 17.4 Å². The second kappa shape index (κ2) is 13.8. The van der Waals surface area contributed by atoms with E-state index < -0.39 is 29.2 Å². The first-order chi connectivity index (χ1) is 20.8.